The van der Waals surface area contributed by atoms with Gasteiger partial charge in [-0.3, -0.25) is 0 Å². The van der Waals surface area contributed by atoms with Gasteiger partial charge in [-0.25, -0.2) is 4.79 Å². The van der Waals surface area contributed by atoms with Crippen LogP contribution in [0.5, 0.6) is 0 Å². The van der Waals surface area contributed by atoms with Crippen molar-refractivity contribution in [2.24, 2.45) is 0 Å². The second-order valence-electron chi connectivity index (χ2n) is 1.86. The Hall–Kier alpha value is 0.301. The molecule has 0 aliphatic heterocycles. The summed E-state index contributed by atoms with van der Waals surface area (Å²) in [6, 6.07) is 0. The van der Waals surface area contributed by atoms with E-state index in [0.717, 1.165) is 22.7 Å². The van der Waals surface area contributed by atoms with Crippen molar-refractivity contribution in [3.05, 3.63) is 0 Å². The largest absolute Gasteiger partial charge is 1.00 e. The van der Waals surface area contributed by atoms with Crippen LogP contribution in [0.1, 0.15) is 14.8 Å². The van der Waals surface area contributed by atoms with Crippen molar-refractivity contribution < 1.29 is 30.2 Å². The first kappa shape index (κ1) is 12.9. The van der Waals surface area contributed by atoms with E-state index in [1.54, 1.807) is 4.57 Å². The third-order valence-electron chi connectivity index (χ3n) is 1.15. The summed E-state index contributed by atoms with van der Waals surface area (Å²) in [6.45, 7) is 2.74. The zero-order chi connectivity index (χ0) is 7.28. The van der Waals surface area contributed by atoms with Crippen molar-refractivity contribution in [3.8, 4) is 0 Å². The predicted molar refractivity (Wildman–Crippen MR) is 44.6 cm³/mol. The van der Waals surface area contributed by atoms with E-state index >= 15 is 0 Å². The van der Waals surface area contributed by atoms with Crippen molar-refractivity contribution in [2.75, 3.05) is 6.54 Å². The Morgan fingerprint density at radius 1 is 1.90 bits per heavy atom. The van der Waals surface area contributed by atoms with Crippen LogP contribution in [-0.4, -0.2) is 41.3 Å². The molecule has 0 bridgehead atoms. The average molecular weight is 171 g/mol. The van der Waals surface area contributed by atoms with Gasteiger partial charge in [0.1, 0.15) is 9.20 Å². The second-order valence-corrected chi connectivity index (χ2v) is 5.16. The minimum absolute atomic E-state index is 0. The van der Waals surface area contributed by atoms with Crippen molar-refractivity contribution >= 4 is 25.1 Å². The first-order valence-electron chi connectivity index (χ1n) is 3.20. The maximum Gasteiger partial charge on any atom is 1.00 e. The SMILES string of the molecule is CCCN([SiH2][SiH3])C(=O)O.[H-].[Li+]. The van der Waals surface area contributed by atoms with Gasteiger partial charge < -0.3 is 11.1 Å². The third-order valence-corrected chi connectivity index (χ3v) is 4.79. The summed E-state index contributed by atoms with van der Waals surface area (Å²) in [7, 11) is 0.710. The Morgan fingerprint density at radius 3 is 2.50 bits per heavy atom. The molecule has 0 fully saturated rings. The van der Waals surface area contributed by atoms with Crippen molar-refractivity contribution in [3.63, 3.8) is 0 Å². The molecule has 0 saturated carbocycles. The molecular formula is C4H14LiNO2Si2. The monoisotopic (exact) mass is 171 g/mol. The number of amides is 1. The van der Waals surface area contributed by atoms with Gasteiger partial charge in [0, 0.05) is 16.3 Å². The van der Waals surface area contributed by atoms with Gasteiger partial charge in [-0.1, -0.05) is 6.92 Å². The fourth-order valence-corrected chi connectivity index (χ4v) is 3.32. The van der Waals surface area contributed by atoms with E-state index in [4.69, 9.17) is 5.11 Å². The molecule has 0 aromatic carbocycles. The molecule has 56 valence electrons. The van der Waals surface area contributed by atoms with Crippen molar-refractivity contribution in [1.82, 2.24) is 4.57 Å². The van der Waals surface area contributed by atoms with E-state index in [0.29, 0.717) is 0 Å². The van der Waals surface area contributed by atoms with Gasteiger partial charge in [-0.05, 0) is 6.42 Å². The zero-order valence-electron chi connectivity index (χ0n) is 7.92. The summed E-state index contributed by atoms with van der Waals surface area (Å²) < 4.78 is 1.59. The molecule has 3 nitrogen and oxygen atoms in total. The summed E-state index contributed by atoms with van der Waals surface area (Å²) in [5, 5.41) is 8.49. The maximum atomic E-state index is 10.3. The molecule has 0 unspecified atom stereocenters. The number of carbonyl (C=O) groups is 1. The summed E-state index contributed by atoms with van der Waals surface area (Å²) in [5.41, 5.74) is 0. The van der Waals surface area contributed by atoms with Crippen LogP contribution >= 0.6 is 0 Å². The van der Waals surface area contributed by atoms with Gasteiger partial charge in [-0.15, -0.1) is 0 Å². The standard InChI is InChI=1S/C4H13NO2Si2.Li.H/c1-2-3-5(9-8)4(6)7;;/h2-3,9H2,1,8H3,(H,6,7);;/q;+1;-1. The molecular weight excluding hydrogens is 157 g/mol. The van der Waals surface area contributed by atoms with Crippen LogP contribution in [0.4, 0.5) is 4.79 Å². The molecule has 0 radical (unpaired) electrons. The summed E-state index contributed by atoms with van der Waals surface area (Å²) in [4.78, 5) is 10.3. The zero-order valence-corrected chi connectivity index (χ0v) is 10.3. The summed E-state index contributed by atoms with van der Waals surface area (Å²) in [6.07, 6.45) is 0.222. The topological polar surface area (TPSA) is 40.5 Å². The van der Waals surface area contributed by atoms with E-state index in [1.165, 1.54) is 0 Å². The first-order valence-corrected chi connectivity index (χ1v) is 9.49. The van der Waals surface area contributed by atoms with Crippen molar-refractivity contribution in [1.29, 1.82) is 0 Å². The van der Waals surface area contributed by atoms with Gasteiger partial charge in [0.2, 0.25) is 0 Å². The average Bonchev–Trinajstić information content (AvgIpc) is 1.82. The van der Waals surface area contributed by atoms with Crippen LogP contribution in [0.25, 0.3) is 0 Å². The number of carboxylic acid groups (broad SMARTS) is 1. The fraction of sp³-hybridized carbons (Fsp3) is 0.750. The molecule has 0 rings (SSSR count). The molecule has 1 amide bonds. The van der Waals surface area contributed by atoms with Gasteiger partial charge >= 0.3 is 25.0 Å². The van der Waals surface area contributed by atoms with Gasteiger partial charge in [0.25, 0.3) is 0 Å². The first-order chi connectivity index (χ1) is 4.22. The molecule has 0 aromatic rings. The molecule has 0 spiro atoms. The molecule has 0 aliphatic rings. The smallest absolute Gasteiger partial charge is 1.00 e. The van der Waals surface area contributed by atoms with E-state index < -0.39 is 6.09 Å². The van der Waals surface area contributed by atoms with Crippen LogP contribution in [0.15, 0.2) is 0 Å². The Balaban J connectivity index is -0.000000320. The number of nitrogens with zero attached hydrogens (tertiary/aromatic N) is 1. The quantitative estimate of drug-likeness (QED) is 0.438. The van der Waals surface area contributed by atoms with Crippen molar-refractivity contribution in [2.45, 2.75) is 13.3 Å². The molecule has 0 heterocycles. The van der Waals surface area contributed by atoms with Crippen LogP contribution in [-0.2, 0) is 0 Å². The van der Waals surface area contributed by atoms with Gasteiger partial charge in [0.15, 0.2) is 0 Å². The Bertz CT molecular complexity index is 108. The maximum absolute atomic E-state index is 10.3. The molecule has 6 heteroatoms. The Morgan fingerprint density at radius 2 is 2.40 bits per heavy atom. The molecule has 0 saturated heterocycles. The minimum atomic E-state index is -0.724. The summed E-state index contributed by atoms with van der Waals surface area (Å²) >= 11 is 0. The van der Waals surface area contributed by atoms with E-state index in [2.05, 4.69) is 0 Å². The molecule has 1 N–H and O–H groups in total. The molecule has 0 aromatic heterocycles. The molecule has 0 atom stereocenters. The fourth-order valence-electron chi connectivity index (χ4n) is 0.659. The summed E-state index contributed by atoms with van der Waals surface area (Å²) in [5.74, 6) is 0. The number of hydrogen-bond acceptors (Lipinski definition) is 1. The van der Waals surface area contributed by atoms with E-state index in [1.807, 2.05) is 6.92 Å². The van der Waals surface area contributed by atoms with Gasteiger partial charge in [0.05, 0.1) is 0 Å². The Labute approximate surface area is 79.9 Å². The molecule has 10 heavy (non-hydrogen) atoms. The predicted octanol–water partition coefficient (Wildman–Crippen LogP) is -4.14. The van der Waals surface area contributed by atoms with Crippen LogP contribution < -0.4 is 18.9 Å². The number of hydrogen-bond donors (Lipinski definition) is 1. The van der Waals surface area contributed by atoms with Crippen LogP contribution in [0, 0.1) is 0 Å². The van der Waals surface area contributed by atoms with Crippen LogP contribution in [0.3, 0.4) is 0 Å². The minimum Gasteiger partial charge on any atom is -1.00 e. The van der Waals surface area contributed by atoms with Gasteiger partial charge in [-0.2, -0.15) is 0 Å². The van der Waals surface area contributed by atoms with E-state index in [-0.39, 0.29) is 29.5 Å². The second kappa shape index (κ2) is 7.41. The number of rotatable bonds is 3. The Kier molecular flexibility index (Phi) is 9.58. The molecule has 0 aliphatic carbocycles. The third kappa shape index (κ3) is 5.12. The van der Waals surface area contributed by atoms with E-state index in [9.17, 15) is 4.79 Å². The normalized spacial score (nSPS) is 9.70. The van der Waals surface area contributed by atoms with Crippen LogP contribution in [0.2, 0.25) is 0 Å².